The van der Waals surface area contributed by atoms with Gasteiger partial charge in [-0.05, 0) is 54.7 Å². The number of nitrogens with one attached hydrogen (secondary N) is 1. The fraction of sp³-hybridized carbons (Fsp3) is 0.227. The number of likely N-dealkylation sites (N-methyl/N-ethyl adjacent to an activating group) is 1. The Hall–Kier alpha value is -3.10. The van der Waals surface area contributed by atoms with E-state index in [-0.39, 0.29) is 11.1 Å². The van der Waals surface area contributed by atoms with E-state index in [4.69, 9.17) is 0 Å². The maximum Gasteiger partial charge on any atom is 0.290 e. The van der Waals surface area contributed by atoms with Crippen LogP contribution in [-0.2, 0) is 4.79 Å². The Bertz CT molecular complexity index is 1160. The molecule has 8 heteroatoms. The number of imide groups is 1. The largest absolute Gasteiger partial charge is 0.369 e. The van der Waals surface area contributed by atoms with Crippen molar-refractivity contribution in [2.75, 3.05) is 38.1 Å². The standard InChI is InChI=1S/C22H21N5O2S/c1-25-8-10-26(11-9-25)17-5-3-16(4-6-17)18-13-23-20-7-2-15(14-27(18)20)12-19-21(28)24-22(29)30-19/h2-7,12-14H,8-11H2,1H3,(H,24,28,29). The summed E-state index contributed by atoms with van der Waals surface area (Å²) in [4.78, 5) is 32.9. The number of anilines is 1. The number of imidazole rings is 1. The molecule has 1 N–H and O–H groups in total. The van der Waals surface area contributed by atoms with Gasteiger partial charge in [-0.3, -0.25) is 19.3 Å². The molecule has 30 heavy (non-hydrogen) atoms. The van der Waals surface area contributed by atoms with Crippen molar-refractivity contribution in [3.8, 4) is 11.3 Å². The molecule has 0 bridgehead atoms. The van der Waals surface area contributed by atoms with E-state index in [0.717, 1.165) is 60.4 Å². The lowest BCUT2D eigenvalue weighted by atomic mass is 10.1. The number of aromatic nitrogens is 2. The summed E-state index contributed by atoms with van der Waals surface area (Å²) in [6.45, 7) is 4.24. The van der Waals surface area contributed by atoms with Gasteiger partial charge in [0.15, 0.2) is 0 Å². The molecule has 0 aliphatic carbocycles. The zero-order valence-electron chi connectivity index (χ0n) is 16.5. The van der Waals surface area contributed by atoms with E-state index in [0.29, 0.717) is 4.91 Å². The van der Waals surface area contributed by atoms with Crippen LogP contribution in [0, 0.1) is 0 Å². The zero-order valence-corrected chi connectivity index (χ0v) is 17.4. The van der Waals surface area contributed by atoms with Gasteiger partial charge in [-0.25, -0.2) is 4.98 Å². The number of thioether (sulfide) groups is 1. The fourth-order valence-corrected chi connectivity index (χ4v) is 4.46. The van der Waals surface area contributed by atoms with Gasteiger partial charge in [-0.15, -0.1) is 0 Å². The molecule has 5 rings (SSSR count). The Labute approximate surface area is 178 Å². The van der Waals surface area contributed by atoms with Crippen LogP contribution in [0.5, 0.6) is 0 Å². The molecule has 0 unspecified atom stereocenters. The van der Waals surface area contributed by atoms with Crippen molar-refractivity contribution < 1.29 is 9.59 Å². The van der Waals surface area contributed by atoms with Crippen LogP contribution >= 0.6 is 11.8 Å². The molecule has 3 aromatic rings. The van der Waals surface area contributed by atoms with Crippen molar-refractivity contribution in [3.05, 3.63) is 59.3 Å². The van der Waals surface area contributed by atoms with Crippen LogP contribution in [0.25, 0.3) is 23.0 Å². The second-order valence-corrected chi connectivity index (χ2v) is 8.54. The first-order valence-corrected chi connectivity index (χ1v) is 10.6. The van der Waals surface area contributed by atoms with Crippen LogP contribution in [0.3, 0.4) is 0 Å². The minimum atomic E-state index is -0.351. The monoisotopic (exact) mass is 419 g/mol. The topological polar surface area (TPSA) is 69.9 Å². The highest BCUT2D eigenvalue weighted by Crippen LogP contribution is 2.28. The second kappa shape index (κ2) is 7.62. The SMILES string of the molecule is CN1CCN(c2ccc(-c3cnc4ccc(C=C5SC(=O)NC5=O)cn34)cc2)CC1. The van der Waals surface area contributed by atoms with Crippen molar-refractivity contribution in [1.29, 1.82) is 0 Å². The quantitative estimate of drug-likeness (QED) is 0.658. The van der Waals surface area contributed by atoms with Gasteiger partial charge in [-0.2, -0.15) is 0 Å². The number of nitrogens with zero attached hydrogens (tertiary/aromatic N) is 4. The first-order chi connectivity index (χ1) is 14.6. The van der Waals surface area contributed by atoms with Crippen LogP contribution < -0.4 is 10.2 Å². The average molecular weight is 420 g/mol. The lowest BCUT2D eigenvalue weighted by Gasteiger charge is -2.34. The van der Waals surface area contributed by atoms with Gasteiger partial charge < -0.3 is 9.80 Å². The summed E-state index contributed by atoms with van der Waals surface area (Å²) in [6, 6.07) is 12.4. The van der Waals surface area contributed by atoms with E-state index >= 15 is 0 Å². The molecular weight excluding hydrogens is 398 g/mol. The minimum absolute atomic E-state index is 0.337. The molecule has 0 radical (unpaired) electrons. The molecule has 4 heterocycles. The predicted octanol–water partition coefficient (Wildman–Crippen LogP) is 3.08. The number of benzene rings is 1. The third-order valence-electron chi connectivity index (χ3n) is 5.50. The summed E-state index contributed by atoms with van der Waals surface area (Å²) in [7, 11) is 2.16. The van der Waals surface area contributed by atoms with Gasteiger partial charge in [0.1, 0.15) is 5.65 Å². The van der Waals surface area contributed by atoms with E-state index in [2.05, 4.69) is 51.4 Å². The van der Waals surface area contributed by atoms with Crippen molar-refractivity contribution in [1.82, 2.24) is 19.6 Å². The molecule has 2 fully saturated rings. The van der Waals surface area contributed by atoms with E-state index in [1.165, 1.54) is 5.69 Å². The Balaban J connectivity index is 1.44. The normalized spacial score (nSPS) is 19.1. The molecule has 1 aromatic carbocycles. The molecule has 2 aliphatic heterocycles. The van der Waals surface area contributed by atoms with E-state index in [9.17, 15) is 9.59 Å². The summed E-state index contributed by atoms with van der Waals surface area (Å²) in [5.41, 5.74) is 4.96. The Morgan fingerprint density at radius 3 is 2.50 bits per heavy atom. The third-order valence-corrected chi connectivity index (χ3v) is 6.31. The molecule has 2 saturated heterocycles. The summed E-state index contributed by atoms with van der Waals surface area (Å²) in [5.74, 6) is -0.351. The summed E-state index contributed by atoms with van der Waals surface area (Å²) in [6.07, 6.45) is 5.53. The van der Waals surface area contributed by atoms with Crippen LogP contribution in [0.2, 0.25) is 0 Å². The van der Waals surface area contributed by atoms with E-state index < -0.39 is 0 Å². The van der Waals surface area contributed by atoms with E-state index in [1.807, 2.05) is 28.9 Å². The Kier molecular flexibility index (Phi) is 4.80. The minimum Gasteiger partial charge on any atom is -0.369 e. The van der Waals surface area contributed by atoms with Gasteiger partial charge in [0.05, 0.1) is 16.8 Å². The number of carbonyl (C=O) groups is 2. The molecule has 152 valence electrons. The van der Waals surface area contributed by atoms with Gasteiger partial charge in [-0.1, -0.05) is 12.1 Å². The number of rotatable bonds is 3. The molecule has 2 amide bonds. The van der Waals surface area contributed by atoms with Crippen LogP contribution in [0.1, 0.15) is 5.56 Å². The highest BCUT2D eigenvalue weighted by Gasteiger charge is 2.25. The van der Waals surface area contributed by atoms with Gasteiger partial charge in [0.25, 0.3) is 11.1 Å². The smallest absolute Gasteiger partial charge is 0.290 e. The van der Waals surface area contributed by atoms with Crippen molar-refractivity contribution in [3.63, 3.8) is 0 Å². The van der Waals surface area contributed by atoms with Crippen LogP contribution in [0.4, 0.5) is 10.5 Å². The molecular formula is C22H21N5O2S. The second-order valence-electron chi connectivity index (χ2n) is 7.52. The highest BCUT2D eigenvalue weighted by atomic mass is 32.2. The zero-order chi connectivity index (χ0) is 20.7. The van der Waals surface area contributed by atoms with E-state index in [1.54, 1.807) is 6.08 Å². The maximum atomic E-state index is 11.8. The molecule has 0 saturated carbocycles. The lowest BCUT2D eigenvalue weighted by molar-refractivity contribution is -0.115. The number of hydrogen-bond acceptors (Lipinski definition) is 6. The molecule has 0 atom stereocenters. The lowest BCUT2D eigenvalue weighted by Crippen LogP contribution is -2.44. The first kappa shape index (κ1) is 18.9. The Morgan fingerprint density at radius 2 is 1.80 bits per heavy atom. The molecule has 2 aromatic heterocycles. The predicted molar refractivity (Wildman–Crippen MR) is 119 cm³/mol. The number of pyridine rings is 1. The number of fused-ring (bicyclic) bond motifs is 1. The first-order valence-electron chi connectivity index (χ1n) is 9.83. The molecule has 7 nitrogen and oxygen atoms in total. The number of piperazine rings is 1. The van der Waals surface area contributed by atoms with Crippen molar-refractivity contribution in [2.45, 2.75) is 0 Å². The number of carbonyl (C=O) groups excluding carboxylic acids is 2. The van der Waals surface area contributed by atoms with Crippen LogP contribution in [0.15, 0.2) is 53.7 Å². The fourth-order valence-electron chi connectivity index (χ4n) is 3.78. The van der Waals surface area contributed by atoms with Crippen LogP contribution in [-0.4, -0.2) is 58.7 Å². The number of amides is 2. The highest BCUT2D eigenvalue weighted by molar-refractivity contribution is 8.18. The van der Waals surface area contributed by atoms with Gasteiger partial charge >= 0.3 is 0 Å². The summed E-state index contributed by atoms with van der Waals surface area (Å²) in [5, 5.41) is 1.95. The molecule has 2 aliphatic rings. The third kappa shape index (κ3) is 3.59. The summed E-state index contributed by atoms with van der Waals surface area (Å²) < 4.78 is 2.01. The van der Waals surface area contributed by atoms with Crippen molar-refractivity contribution >= 4 is 40.3 Å². The summed E-state index contributed by atoms with van der Waals surface area (Å²) >= 11 is 0.921. The van der Waals surface area contributed by atoms with Gasteiger partial charge in [0, 0.05) is 43.6 Å². The van der Waals surface area contributed by atoms with Gasteiger partial charge in [0.2, 0.25) is 0 Å². The maximum absolute atomic E-state index is 11.8. The van der Waals surface area contributed by atoms with Crippen molar-refractivity contribution in [2.24, 2.45) is 0 Å². The number of hydrogen-bond donors (Lipinski definition) is 1. The average Bonchev–Trinajstić information content (AvgIpc) is 3.31. The Morgan fingerprint density at radius 1 is 1.03 bits per heavy atom. The molecule has 0 spiro atoms.